The highest BCUT2D eigenvalue weighted by Gasteiger charge is 2.60. The summed E-state index contributed by atoms with van der Waals surface area (Å²) in [5.74, 6) is 6.58. The molecule has 348 valence electrons. The van der Waals surface area contributed by atoms with Gasteiger partial charge in [0.2, 0.25) is 0 Å². The molecule has 0 amide bonds. The van der Waals surface area contributed by atoms with Crippen LogP contribution in [0.1, 0.15) is 212 Å². The molecular formula is C58H96N4. The molecule has 4 heteroatoms. The molecule has 4 nitrogen and oxygen atoms in total. The molecule has 0 spiro atoms. The number of hydrogen-bond donors (Lipinski definition) is 2. The van der Waals surface area contributed by atoms with Crippen molar-refractivity contribution < 1.29 is 0 Å². The first kappa shape index (κ1) is 45.5. The van der Waals surface area contributed by atoms with Crippen molar-refractivity contribution in [1.29, 1.82) is 0 Å². The maximum Gasteiger partial charge on any atom is 0.0842 e. The van der Waals surface area contributed by atoms with Crippen molar-refractivity contribution in [2.24, 2.45) is 92.3 Å². The number of nitrogens with zero attached hydrogens (tertiary/aromatic N) is 2. The number of likely N-dealkylation sites (tertiary alicyclic amines) is 2. The van der Waals surface area contributed by atoms with E-state index in [1.807, 2.05) is 0 Å². The van der Waals surface area contributed by atoms with Crippen molar-refractivity contribution in [2.75, 3.05) is 0 Å². The lowest BCUT2D eigenvalue weighted by molar-refractivity contribution is 0.0261. The molecule has 4 saturated carbocycles. The zero-order chi connectivity index (χ0) is 44.3. The van der Waals surface area contributed by atoms with Crippen molar-refractivity contribution in [1.82, 2.24) is 9.80 Å². The van der Waals surface area contributed by atoms with Gasteiger partial charge >= 0.3 is 0 Å². The topological polar surface area (TPSA) is 58.5 Å². The van der Waals surface area contributed by atoms with Gasteiger partial charge < -0.3 is 16.4 Å². The second-order valence-electron chi connectivity index (χ2n) is 27.9. The summed E-state index contributed by atoms with van der Waals surface area (Å²) in [6.07, 6.45) is 32.2. The molecule has 0 aromatic carbocycles. The van der Waals surface area contributed by atoms with Gasteiger partial charge in [-0.3, -0.25) is 4.90 Å². The zero-order valence-electron chi connectivity index (χ0n) is 42.4. The smallest absolute Gasteiger partial charge is 0.0842 e. The lowest BCUT2D eigenvalue weighted by Crippen LogP contribution is -2.58. The minimum atomic E-state index is 0.270. The molecule has 0 bridgehead atoms. The Balaban J connectivity index is 1.21. The zero-order valence-corrected chi connectivity index (χ0v) is 42.4. The summed E-state index contributed by atoms with van der Waals surface area (Å²) in [7, 11) is 0. The summed E-state index contributed by atoms with van der Waals surface area (Å²) < 4.78 is 0. The molecule has 6 fully saturated rings. The molecular weight excluding hydrogens is 753 g/mol. The van der Waals surface area contributed by atoms with E-state index in [1.54, 1.807) is 16.8 Å². The highest BCUT2D eigenvalue weighted by atomic mass is 15.3. The average molecular weight is 849 g/mol. The Labute approximate surface area is 382 Å². The lowest BCUT2D eigenvalue weighted by Gasteiger charge is -2.53. The Hall–Kier alpha value is -1.68. The Morgan fingerprint density at radius 2 is 1.11 bits per heavy atom. The fourth-order valence-electron chi connectivity index (χ4n) is 16.6. The van der Waals surface area contributed by atoms with Crippen LogP contribution in [0.4, 0.5) is 0 Å². The predicted octanol–water partition coefficient (Wildman–Crippen LogP) is 14.5. The van der Waals surface area contributed by atoms with E-state index in [1.165, 1.54) is 140 Å². The second kappa shape index (κ2) is 16.6. The van der Waals surface area contributed by atoms with Crippen LogP contribution < -0.4 is 11.5 Å². The Bertz CT molecular complexity index is 1730. The molecule has 0 aromatic heterocycles. The number of rotatable bonds is 4. The quantitative estimate of drug-likeness (QED) is 0.277. The highest BCUT2D eigenvalue weighted by Crippen LogP contribution is 2.62. The van der Waals surface area contributed by atoms with E-state index in [2.05, 4.69) is 105 Å². The molecule has 2 aliphatic heterocycles. The van der Waals surface area contributed by atoms with Gasteiger partial charge in [0, 0.05) is 41.4 Å². The summed E-state index contributed by atoms with van der Waals surface area (Å²) in [5, 5.41) is 0. The van der Waals surface area contributed by atoms with Crippen molar-refractivity contribution in [2.45, 2.75) is 236 Å². The van der Waals surface area contributed by atoms with Crippen molar-refractivity contribution in [3.05, 3.63) is 46.1 Å². The summed E-state index contributed by atoms with van der Waals surface area (Å²) in [6.45, 7) is 30.2. The first-order valence-electron chi connectivity index (χ1n) is 27.1. The van der Waals surface area contributed by atoms with Crippen LogP contribution in [-0.4, -0.2) is 34.0 Å². The van der Waals surface area contributed by atoms with Crippen LogP contribution in [0.3, 0.4) is 0 Å². The molecule has 0 radical (unpaired) electrons. The van der Waals surface area contributed by atoms with Crippen LogP contribution in [0.5, 0.6) is 0 Å². The van der Waals surface area contributed by atoms with Gasteiger partial charge in [0.25, 0.3) is 0 Å². The molecule has 12 unspecified atom stereocenters. The number of nitrogens with two attached hydrogens (primary N) is 2. The minimum absolute atomic E-state index is 0.270. The van der Waals surface area contributed by atoms with E-state index in [0.717, 1.165) is 29.4 Å². The third-order valence-corrected chi connectivity index (χ3v) is 20.5. The van der Waals surface area contributed by atoms with Gasteiger partial charge in [0.15, 0.2) is 0 Å². The van der Waals surface area contributed by atoms with Gasteiger partial charge in [0.1, 0.15) is 0 Å². The van der Waals surface area contributed by atoms with E-state index in [9.17, 15) is 0 Å². The van der Waals surface area contributed by atoms with Crippen molar-refractivity contribution in [3.8, 4) is 0 Å². The van der Waals surface area contributed by atoms with E-state index in [0.29, 0.717) is 75.9 Å². The summed E-state index contributed by atoms with van der Waals surface area (Å²) in [4.78, 5) is 6.19. The second-order valence-corrected chi connectivity index (χ2v) is 27.9. The molecule has 12 atom stereocenters. The SMILES string of the molecule is CC(C)(C)C1C=C2C3CC(C(C)(C)C)CC=C3N(C3=C(N)C(C4CCCCC4)C(N4C5CCC(C(C)(C)C)CC5C5CC(C(C)(C)C)CCC54)C(C4CCCCC4)=C3N)C2CC1. The standard InChI is InChI=1S/C58H96N4/c1-55(2,3)37-23-27-45-41(31-37)42-32-38(56(4,5)6)24-28-46(42)61(45)53-49(35-19-15-13-16-20-35)51(59)54(52(60)50(53)36-21-17-14-18-22-36)62-47-29-25-39(57(7,8)9)33-43(47)44-34-40(58(10,11)12)26-30-48(44)62/h29,34-43,45-46,48-49,53H,13-28,30-33,59-60H2,1-12H3. The Morgan fingerprint density at radius 1 is 0.565 bits per heavy atom. The number of hydrogen-bond acceptors (Lipinski definition) is 4. The van der Waals surface area contributed by atoms with Gasteiger partial charge in [-0.2, -0.15) is 0 Å². The summed E-state index contributed by atoms with van der Waals surface area (Å²) in [6, 6.07) is 2.06. The van der Waals surface area contributed by atoms with Crippen LogP contribution in [0, 0.1) is 80.8 Å². The molecule has 2 saturated heterocycles. The maximum absolute atomic E-state index is 8.26. The third-order valence-electron chi connectivity index (χ3n) is 20.5. The van der Waals surface area contributed by atoms with Gasteiger partial charge in [-0.15, -0.1) is 0 Å². The van der Waals surface area contributed by atoms with Gasteiger partial charge in [0.05, 0.1) is 17.4 Å². The molecule has 7 aliphatic carbocycles. The Kier molecular flexibility index (Phi) is 12.2. The van der Waals surface area contributed by atoms with Crippen LogP contribution >= 0.6 is 0 Å². The van der Waals surface area contributed by atoms with Crippen molar-refractivity contribution in [3.63, 3.8) is 0 Å². The van der Waals surface area contributed by atoms with Crippen LogP contribution in [0.2, 0.25) is 0 Å². The van der Waals surface area contributed by atoms with E-state index in [4.69, 9.17) is 11.5 Å². The number of fused-ring (bicyclic) bond motifs is 6. The van der Waals surface area contributed by atoms with Gasteiger partial charge in [-0.05, 0) is 170 Å². The van der Waals surface area contributed by atoms with Gasteiger partial charge in [-0.1, -0.05) is 134 Å². The molecule has 9 aliphatic rings. The summed E-state index contributed by atoms with van der Waals surface area (Å²) in [5.41, 5.74) is 26.4. The fourth-order valence-corrected chi connectivity index (χ4v) is 16.6. The summed E-state index contributed by atoms with van der Waals surface area (Å²) >= 11 is 0. The van der Waals surface area contributed by atoms with E-state index in [-0.39, 0.29) is 5.41 Å². The first-order chi connectivity index (χ1) is 29.1. The highest BCUT2D eigenvalue weighted by molar-refractivity contribution is 5.52. The molecule has 0 aromatic rings. The average Bonchev–Trinajstić information content (AvgIpc) is 3.71. The largest absolute Gasteiger partial charge is 0.400 e. The van der Waals surface area contributed by atoms with Gasteiger partial charge in [-0.25, -0.2) is 0 Å². The van der Waals surface area contributed by atoms with E-state index < -0.39 is 0 Å². The molecule has 4 N–H and O–H groups in total. The maximum atomic E-state index is 8.26. The molecule has 9 rings (SSSR count). The van der Waals surface area contributed by atoms with E-state index >= 15 is 0 Å². The molecule has 62 heavy (non-hydrogen) atoms. The lowest BCUT2D eigenvalue weighted by atomic mass is 9.61. The number of allylic oxidation sites excluding steroid dienone is 3. The molecule has 2 heterocycles. The minimum Gasteiger partial charge on any atom is -0.400 e. The van der Waals surface area contributed by atoms with Crippen LogP contribution in [-0.2, 0) is 0 Å². The van der Waals surface area contributed by atoms with Crippen LogP contribution in [0.15, 0.2) is 46.1 Å². The Morgan fingerprint density at radius 3 is 1.65 bits per heavy atom. The normalized spacial score (nSPS) is 39.6. The predicted molar refractivity (Wildman–Crippen MR) is 262 cm³/mol. The van der Waals surface area contributed by atoms with Crippen LogP contribution in [0.25, 0.3) is 0 Å². The van der Waals surface area contributed by atoms with Crippen molar-refractivity contribution >= 4 is 0 Å². The monoisotopic (exact) mass is 849 g/mol. The fraction of sp³-hybridized carbons (Fsp3) is 0.862. The third kappa shape index (κ3) is 8.05. The first-order valence-corrected chi connectivity index (χ1v) is 27.1.